The lowest BCUT2D eigenvalue weighted by atomic mass is 10.0. The van der Waals surface area contributed by atoms with Crippen LogP contribution in [0.1, 0.15) is 44.7 Å². The summed E-state index contributed by atoms with van der Waals surface area (Å²) in [5.74, 6) is 0. The van der Waals surface area contributed by atoms with Gasteiger partial charge < -0.3 is 10.2 Å². The Hall–Kier alpha value is -0.570. The molecule has 1 aromatic rings. The summed E-state index contributed by atoms with van der Waals surface area (Å²) in [6, 6.07) is 9.08. The van der Waals surface area contributed by atoms with E-state index in [4.69, 9.17) is 11.6 Å². The molecule has 0 aromatic heterocycles. The number of likely N-dealkylation sites (tertiary alicyclic amines) is 1. The van der Waals surface area contributed by atoms with E-state index in [9.17, 15) is 0 Å². The lowest BCUT2D eigenvalue weighted by Crippen LogP contribution is -2.33. The highest BCUT2D eigenvalue weighted by Crippen LogP contribution is 2.24. The maximum atomic E-state index is 6.27. The lowest BCUT2D eigenvalue weighted by Gasteiger charge is -2.23. The fraction of sp³-hybridized carbons (Fsp3) is 0.625. The van der Waals surface area contributed by atoms with Gasteiger partial charge in [0.15, 0.2) is 0 Å². The molecule has 2 atom stereocenters. The fourth-order valence-corrected chi connectivity index (χ4v) is 3.21. The summed E-state index contributed by atoms with van der Waals surface area (Å²) in [6.45, 7) is 8.09. The summed E-state index contributed by atoms with van der Waals surface area (Å²) < 4.78 is 0. The van der Waals surface area contributed by atoms with Gasteiger partial charge >= 0.3 is 0 Å². The minimum Gasteiger partial charge on any atom is -0.307 e. The van der Waals surface area contributed by atoms with E-state index < -0.39 is 0 Å². The van der Waals surface area contributed by atoms with E-state index in [0.717, 1.165) is 5.02 Å². The van der Waals surface area contributed by atoms with Crippen molar-refractivity contribution in [2.45, 2.75) is 45.2 Å². The van der Waals surface area contributed by atoms with E-state index in [-0.39, 0.29) is 0 Å². The van der Waals surface area contributed by atoms with Gasteiger partial charge in [-0.1, -0.05) is 36.7 Å². The Morgan fingerprint density at radius 1 is 1.32 bits per heavy atom. The molecule has 0 bridgehead atoms. The third-order valence-electron chi connectivity index (χ3n) is 4.13. The first-order valence-electron chi connectivity index (χ1n) is 7.43. The monoisotopic (exact) mass is 280 g/mol. The van der Waals surface area contributed by atoms with E-state index in [1.807, 2.05) is 12.1 Å². The van der Waals surface area contributed by atoms with Gasteiger partial charge in [-0.2, -0.15) is 0 Å². The Bertz CT molecular complexity index is 394. The number of hydrogen-bond donors (Lipinski definition) is 1. The van der Waals surface area contributed by atoms with E-state index in [1.165, 1.54) is 44.5 Å². The molecule has 0 aliphatic carbocycles. The predicted octanol–water partition coefficient (Wildman–Crippen LogP) is 3.87. The SMILES string of the molecule is CCN1CCCC(N[C@@H](C)c2ccccc2Cl)CC1. The first kappa shape index (κ1) is 14.8. The third-order valence-corrected chi connectivity index (χ3v) is 4.47. The zero-order valence-electron chi connectivity index (χ0n) is 12.0. The largest absolute Gasteiger partial charge is 0.307 e. The molecule has 106 valence electrons. The van der Waals surface area contributed by atoms with Crippen molar-refractivity contribution in [1.82, 2.24) is 10.2 Å². The molecule has 1 aliphatic heterocycles. The second kappa shape index (κ2) is 7.28. The van der Waals surface area contributed by atoms with E-state index in [0.29, 0.717) is 12.1 Å². The molecule has 2 rings (SSSR count). The van der Waals surface area contributed by atoms with Gasteiger partial charge in [0.1, 0.15) is 0 Å². The van der Waals surface area contributed by atoms with Crippen molar-refractivity contribution in [3.63, 3.8) is 0 Å². The summed E-state index contributed by atoms with van der Waals surface area (Å²) in [5.41, 5.74) is 1.21. The molecule has 1 aliphatic rings. The fourth-order valence-electron chi connectivity index (χ4n) is 2.91. The van der Waals surface area contributed by atoms with Crippen LogP contribution in [0.25, 0.3) is 0 Å². The van der Waals surface area contributed by atoms with E-state index in [2.05, 4.69) is 36.2 Å². The highest BCUT2D eigenvalue weighted by molar-refractivity contribution is 6.31. The van der Waals surface area contributed by atoms with Gasteiger partial charge in [-0.25, -0.2) is 0 Å². The molecule has 0 radical (unpaired) electrons. The highest BCUT2D eigenvalue weighted by Gasteiger charge is 2.18. The Labute approximate surface area is 122 Å². The number of hydrogen-bond acceptors (Lipinski definition) is 2. The number of nitrogens with one attached hydrogen (secondary N) is 1. The third kappa shape index (κ3) is 4.20. The number of benzene rings is 1. The second-order valence-electron chi connectivity index (χ2n) is 5.47. The van der Waals surface area contributed by atoms with E-state index in [1.54, 1.807) is 0 Å². The Morgan fingerprint density at radius 3 is 2.84 bits per heavy atom. The Balaban J connectivity index is 1.92. The number of halogens is 1. The average molecular weight is 281 g/mol. The van der Waals surface area contributed by atoms with Crippen LogP contribution >= 0.6 is 11.6 Å². The van der Waals surface area contributed by atoms with Crippen molar-refractivity contribution >= 4 is 11.6 Å². The molecule has 1 unspecified atom stereocenters. The van der Waals surface area contributed by atoms with Gasteiger partial charge in [0, 0.05) is 17.1 Å². The van der Waals surface area contributed by atoms with E-state index >= 15 is 0 Å². The zero-order valence-corrected chi connectivity index (χ0v) is 12.8. The summed E-state index contributed by atoms with van der Waals surface area (Å²) >= 11 is 6.27. The standard InChI is InChI=1S/C16H25ClN2/c1-3-19-11-6-7-14(10-12-19)18-13(2)15-8-4-5-9-16(15)17/h4-5,8-9,13-14,18H,3,6-7,10-12H2,1-2H3/t13-,14?/m0/s1. The quantitative estimate of drug-likeness (QED) is 0.901. The molecule has 3 heteroatoms. The molecule has 2 nitrogen and oxygen atoms in total. The minimum absolute atomic E-state index is 0.326. The van der Waals surface area contributed by atoms with Crippen LogP contribution < -0.4 is 5.32 Å². The van der Waals surface area contributed by atoms with Crippen LogP contribution in [0, 0.1) is 0 Å². The number of nitrogens with zero attached hydrogens (tertiary/aromatic N) is 1. The predicted molar refractivity (Wildman–Crippen MR) is 82.8 cm³/mol. The van der Waals surface area contributed by atoms with Crippen LogP contribution in [0.4, 0.5) is 0 Å². The van der Waals surface area contributed by atoms with Crippen LogP contribution in [0.2, 0.25) is 5.02 Å². The van der Waals surface area contributed by atoms with Gasteiger partial charge in [0.05, 0.1) is 0 Å². The van der Waals surface area contributed by atoms with Crippen molar-refractivity contribution in [3.05, 3.63) is 34.9 Å². The molecule has 1 N–H and O–H groups in total. The molecule has 0 amide bonds. The smallest absolute Gasteiger partial charge is 0.0453 e. The van der Waals surface area contributed by atoms with Crippen LogP contribution in [0.3, 0.4) is 0 Å². The first-order valence-corrected chi connectivity index (χ1v) is 7.81. The van der Waals surface area contributed by atoms with Crippen molar-refractivity contribution < 1.29 is 0 Å². The van der Waals surface area contributed by atoms with Gasteiger partial charge in [-0.3, -0.25) is 0 Å². The molecule has 1 heterocycles. The zero-order chi connectivity index (χ0) is 13.7. The summed E-state index contributed by atoms with van der Waals surface area (Å²) in [5, 5.41) is 4.62. The normalized spacial score (nSPS) is 23.0. The molecule has 1 saturated heterocycles. The summed E-state index contributed by atoms with van der Waals surface area (Å²) in [7, 11) is 0. The average Bonchev–Trinajstić information content (AvgIpc) is 2.64. The molecule has 1 fully saturated rings. The van der Waals surface area contributed by atoms with Crippen molar-refractivity contribution in [1.29, 1.82) is 0 Å². The lowest BCUT2D eigenvalue weighted by molar-refractivity contribution is 0.295. The second-order valence-corrected chi connectivity index (χ2v) is 5.88. The first-order chi connectivity index (χ1) is 9.20. The topological polar surface area (TPSA) is 15.3 Å². The van der Waals surface area contributed by atoms with Gasteiger partial charge in [-0.05, 0) is 57.5 Å². The molecule has 0 saturated carbocycles. The molecular weight excluding hydrogens is 256 g/mol. The minimum atomic E-state index is 0.326. The van der Waals surface area contributed by atoms with Crippen LogP contribution in [0.5, 0.6) is 0 Å². The molecule has 0 spiro atoms. The van der Waals surface area contributed by atoms with Crippen molar-refractivity contribution in [2.24, 2.45) is 0 Å². The van der Waals surface area contributed by atoms with Gasteiger partial charge in [-0.15, -0.1) is 0 Å². The van der Waals surface area contributed by atoms with Crippen molar-refractivity contribution in [3.8, 4) is 0 Å². The summed E-state index contributed by atoms with van der Waals surface area (Å²) in [6.07, 6.45) is 3.80. The Kier molecular flexibility index (Phi) is 5.68. The van der Waals surface area contributed by atoms with Gasteiger partial charge in [0.2, 0.25) is 0 Å². The molecule has 1 aromatic carbocycles. The van der Waals surface area contributed by atoms with Crippen LogP contribution in [-0.4, -0.2) is 30.6 Å². The molecule has 19 heavy (non-hydrogen) atoms. The Morgan fingerprint density at radius 2 is 2.11 bits per heavy atom. The highest BCUT2D eigenvalue weighted by atomic mass is 35.5. The maximum Gasteiger partial charge on any atom is 0.0453 e. The maximum absolute atomic E-state index is 6.27. The summed E-state index contributed by atoms with van der Waals surface area (Å²) in [4.78, 5) is 2.54. The van der Waals surface area contributed by atoms with Crippen LogP contribution in [0.15, 0.2) is 24.3 Å². The van der Waals surface area contributed by atoms with Gasteiger partial charge in [0.25, 0.3) is 0 Å². The van der Waals surface area contributed by atoms with Crippen molar-refractivity contribution in [2.75, 3.05) is 19.6 Å². The number of rotatable bonds is 4. The molecular formula is C16H25ClN2. The van der Waals surface area contributed by atoms with Crippen LogP contribution in [-0.2, 0) is 0 Å².